The van der Waals surface area contributed by atoms with E-state index in [9.17, 15) is 0 Å². The highest BCUT2D eigenvalue weighted by Crippen LogP contribution is 2.47. The fourth-order valence-electron chi connectivity index (χ4n) is 9.37. The van der Waals surface area contributed by atoms with Gasteiger partial charge in [-0.05, 0) is 65.8 Å². The van der Waals surface area contributed by atoms with Crippen LogP contribution >= 0.6 is 11.3 Å². The second-order valence-corrected chi connectivity index (χ2v) is 17.2. The van der Waals surface area contributed by atoms with Crippen molar-refractivity contribution in [1.29, 1.82) is 0 Å². The van der Waals surface area contributed by atoms with Gasteiger partial charge in [-0.2, -0.15) is 0 Å². The summed E-state index contributed by atoms with van der Waals surface area (Å²) in [6.07, 6.45) is 18.5. The molecule has 0 aliphatic heterocycles. The summed E-state index contributed by atoms with van der Waals surface area (Å²) in [5.41, 5.74) is 12.4. The van der Waals surface area contributed by atoms with E-state index in [1.54, 1.807) is 0 Å². The molecule has 0 saturated heterocycles. The third-order valence-corrected chi connectivity index (χ3v) is 13.6. The number of para-hydroxylation sites is 1. The first-order valence-corrected chi connectivity index (χ1v) is 22.3. The van der Waals surface area contributed by atoms with Gasteiger partial charge in [0.2, 0.25) is 0 Å². The highest BCUT2D eigenvalue weighted by Gasteiger charge is 2.26. The summed E-state index contributed by atoms with van der Waals surface area (Å²) in [5, 5.41) is 5.07. The highest BCUT2D eigenvalue weighted by molar-refractivity contribution is 7.26. The number of allylic oxidation sites excluding steroid dienone is 8. The van der Waals surface area contributed by atoms with Crippen LogP contribution in [0.15, 0.2) is 200 Å². The standard InChI is InChI=1S/C57H40N4S/c1-5-17-37(18-6-1)38-29-31-42(32-30-38)56-58-55(41-23-11-4-12-24-41)59-57(60-56)43-35-48(39-19-7-2-8-20-39)52(49(36-43)40-21-9-3-10-22-40)61-50-27-15-13-25-44(50)46-33-34-47-45-26-14-16-28-51(45)62-54(47)53(46)61/h1-2,4-9,11-23,25-36,41H,3,10,24H2/t41-/m1/s1. The lowest BCUT2D eigenvalue weighted by atomic mass is 9.90. The van der Waals surface area contributed by atoms with Gasteiger partial charge in [-0.15, -0.1) is 11.3 Å². The minimum Gasteiger partial charge on any atom is -0.307 e. The molecule has 5 heteroatoms. The summed E-state index contributed by atoms with van der Waals surface area (Å²) in [6, 6.07) is 57.0. The summed E-state index contributed by atoms with van der Waals surface area (Å²) in [7, 11) is 0. The molecule has 3 aromatic heterocycles. The van der Waals surface area contributed by atoms with Gasteiger partial charge in [0.05, 0.1) is 21.4 Å². The number of hydrogen-bond donors (Lipinski definition) is 0. The van der Waals surface area contributed by atoms with E-state index in [0.29, 0.717) is 11.6 Å². The van der Waals surface area contributed by atoms with Crippen molar-refractivity contribution >= 4 is 58.9 Å². The molecule has 2 aliphatic carbocycles. The molecular formula is C57H40N4S. The molecule has 0 bridgehead atoms. The predicted octanol–water partition coefficient (Wildman–Crippen LogP) is 15.3. The van der Waals surface area contributed by atoms with Crippen molar-refractivity contribution in [3.8, 4) is 50.7 Å². The fourth-order valence-corrected chi connectivity index (χ4v) is 10.6. The molecule has 10 aromatic rings. The largest absolute Gasteiger partial charge is 0.307 e. The Kier molecular flexibility index (Phi) is 8.93. The monoisotopic (exact) mass is 812 g/mol. The van der Waals surface area contributed by atoms with Gasteiger partial charge in [0, 0.05) is 54.4 Å². The lowest BCUT2D eigenvalue weighted by Crippen LogP contribution is -2.09. The van der Waals surface area contributed by atoms with Crippen LogP contribution in [-0.2, 0) is 0 Å². The molecule has 294 valence electrons. The molecule has 0 N–H and O–H groups in total. The van der Waals surface area contributed by atoms with Gasteiger partial charge in [-0.25, -0.2) is 15.0 Å². The van der Waals surface area contributed by atoms with Crippen molar-refractivity contribution in [2.45, 2.75) is 25.2 Å². The Hall–Kier alpha value is -7.47. The summed E-state index contributed by atoms with van der Waals surface area (Å²) in [4.78, 5) is 15.9. The molecule has 0 amide bonds. The quantitative estimate of drug-likeness (QED) is 0.161. The van der Waals surface area contributed by atoms with Crippen molar-refractivity contribution < 1.29 is 0 Å². The van der Waals surface area contributed by atoms with Gasteiger partial charge in [0.15, 0.2) is 11.6 Å². The van der Waals surface area contributed by atoms with Crippen LogP contribution in [0.5, 0.6) is 0 Å². The van der Waals surface area contributed by atoms with Gasteiger partial charge in [0.25, 0.3) is 0 Å². The van der Waals surface area contributed by atoms with Crippen molar-refractivity contribution in [3.05, 3.63) is 212 Å². The average Bonchev–Trinajstić information content (AvgIpc) is 3.91. The number of aromatic nitrogens is 4. The average molecular weight is 813 g/mol. The maximum atomic E-state index is 5.35. The first-order chi connectivity index (χ1) is 30.7. The van der Waals surface area contributed by atoms with E-state index >= 15 is 0 Å². The Morgan fingerprint density at radius 3 is 1.97 bits per heavy atom. The molecule has 3 heterocycles. The van der Waals surface area contributed by atoms with Crippen LogP contribution in [0.3, 0.4) is 0 Å². The molecule has 2 aliphatic rings. The third kappa shape index (κ3) is 6.24. The second kappa shape index (κ2) is 15.2. The van der Waals surface area contributed by atoms with Crippen LogP contribution in [0.25, 0.3) is 98.3 Å². The molecule has 0 radical (unpaired) electrons. The molecule has 0 spiro atoms. The normalized spacial score (nSPS) is 15.0. The minimum absolute atomic E-state index is 0.0433. The van der Waals surface area contributed by atoms with E-state index in [4.69, 9.17) is 15.0 Å². The Balaban J connectivity index is 1.15. The van der Waals surface area contributed by atoms with Gasteiger partial charge >= 0.3 is 0 Å². The molecule has 4 nitrogen and oxygen atoms in total. The maximum Gasteiger partial charge on any atom is 0.163 e. The minimum atomic E-state index is 0.0433. The van der Waals surface area contributed by atoms with Crippen molar-refractivity contribution in [1.82, 2.24) is 19.5 Å². The van der Waals surface area contributed by atoms with E-state index in [0.717, 1.165) is 64.2 Å². The van der Waals surface area contributed by atoms with E-state index in [1.807, 2.05) is 11.3 Å². The number of benzene rings is 7. The van der Waals surface area contributed by atoms with E-state index < -0.39 is 0 Å². The summed E-state index contributed by atoms with van der Waals surface area (Å²) < 4.78 is 5.15. The summed E-state index contributed by atoms with van der Waals surface area (Å²) in [6.45, 7) is 0. The third-order valence-electron chi connectivity index (χ3n) is 12.4. The van der Waals surface area contributed by atoms with Crippen molar-refractivity contribution in [3.63, 3.8) is 0 Å². The first kappa shape index (κ1) is 36.4. The number of fused-ring (bicyclic) bond motifs is 7. The molecule has 0 fully saturated rings. The Morgan fingerprint density at radius 1 is 0.516 bits per heavy atom. The lowest BCUT2D eigenvalue weighted by molar-refractivity contribution is 0.764. The fraction of sp³-hybridized carbons (Fsp3) is 0.0702. The molecule has 1 atom stereocenters. The van der Waals surface area contributed by atoms with Crippen molar-refractivity contribution in [2.75, 3.05) is 0 Å². The number of nitrogens with zero attached hydrogens (tertiary/aromatic N) is 4. The number of thiophene rings is 1. The van der Waals surface area contributed by atoms with Crippen LogP contribution in [0.1, 0.15) is 36.6 Å². The van der Waals surface area contributed by atoms with E-state index in [2.05, 4.69) is 205 Å². The number of rotatable bonds is 7. The van der Waals surface area contributed by atoms with E-state index in [1.165, 1.54) is 53.1 Å². The molecular weight excluding hydrogens is 773 g/mol. The Bertz CT molecular complexity index is 3480. The van der Waals surface area contributed by atoms with Crippen LogP contribution in [0.2, 0.25) is 0 Å². The predicted molar refractivity (Wildman–Crippen MR) is 261 cm³/mol. The molecule has 0 saturated carbocycles. The second-order valence-electron chi connectivity index (χ2n) is 16.2. The molecule has 7 aromatic carbocycles. The van der Waals surface area contributed by atoms with Crippen LogP contribution in [0.4, 0.5) is 0 Å². The van der Waals surface area contributed by atoms with Crippen molar-refractivity contribution in [2.24, 2.45) is 0 Å². The number of hydrogen-bond acceptors (Lipinski definition) is 4. The van der Waals surface area contributed by atoms with Gasteiger partial charge in [-0.1, -0.05) is 176 Å². The highest BCUT2D eigenvalue weighted by atomic mass is 32.1. The zero-order valence-electron chi connectivity index (χ0n) is 33.9. The topological polar surface area (TPSA) is 43.6 Å². The van der Waals surface area contributed by atoms with Crippen LogP contribution in [0, 0.1) is 0 Å². The summed E-state index contributed by atoms with van der Waals surface area (Å²) in [5.74, 6) is 2.16. The Labute approximate surface area is 364 Å². The van der Waals surface area contributed by atoms with Crippen LogP contribution < -0.4 is 0 Å². The van der Waals surface area contributed by atoms with Gasteiger partial charge in [-0.3, -0.25) is 0 Å². The SMILES string of the molecule is C1=CC[C@H](c2nc(-c3ccc(-c4ccccc4)cc3)nc(-c3cc(C4=CCCC=C4)c(-n4c5ccccc5c5ccc6c7ccccc7sc6c54)c(-c4ccccc4)c3)n2)C=C1. The summed E-state index contributed by atoms with van der Waals surface area (Å²) >= 11 is 1.89. The maximum absolute atomic E-state index is 5.35. The van der Waals surface area contributed by atoms with Crippen LogP contribution in [-0.4, -0.2) is 19.5 Å². The first-order valence-electron chi connectivity index (χ1n) is 21.4. The molecule has 0 unspecified atom stereocenters. The lowest BCUT2D eigenvalue weighted by Gasteiger charge is -2.22. The smallest absolute Gasteiger partial charge is 0.163 e. The van der Waals surface area contributed by atoms with E-state index in [-0.39, 0.29) is 5.92 Å². The van der Waals surface area contributed by atoms with Gasteiger partial charge < -0.3 is 4.57 Å². The zero-order chi connectivity index (χ0) is 41.0. The Morgan fingerprint density at radius 2 is 1.19 bits per heavy atom. The molecule has 12 rings (SSSR count). The zero-order valence-corrected chi connectivity index (χ0v) is 34.8. The van der Waals surface area contributed by atoms with Gasteiger partial charge in [0.1, 0.15) is 5.82 Å². The molecule has 62 heavy (non-hydrogen) atoms.